The zero-order valence-electron chi connectivity index (χ0n) is 10.5. The summed E-state index contributed by atoms with van der Waals surface area (Å²) in [6.45, 7) is -0.0188. The first-order valence-electron chi connectivity index (χ1n) is 6.10. The van der Waals surface area contributed by atoms with E-state index in [1.54, 1.807) is 0 Å². The van der Waals surface area contributed by atoms with Gasteiger partial charge in [0.05, 0.1) is 5.69 Å². The van der Waals surface area contributed by atoms with Crippen LogP contribution in [0.25, 0.3) is 0 Å². The van der Waals surface area contributed by atoms with E-state index in [-0.39, 0.29) is 12.5 Å². The summed E-state index contributed by atoms with van der Waals surface area (Å²) in [7, 11) is 0. The number of benzene rings is 2. The number of carbonyl (C=O) groups is 1. The molecule has 0 saturated heterocycles. The van der Waals surface area contributed by atoms with Gasteiger partial charge in [0.2, 0.25) is 5.90 Å². The molecule has 1 amide bonds. The van der Waals surface area contributed by atoms with Gasteiger partial charge in [0, 0.05) is 10.0 Å². The second kappa shape index (κ2) is 5.46. The molecule has 0 aromatic heterocycles. The van der Waals surface area contributed by atoms with Crippen molar-refractivity contribution in [3.63, 3.8) is 0 Å². The lowest BCUT2D eigenvalue weighted by atomic mass is 10.2. The van der Waals surface area contributed by atoms with Crippen molar-refractivity contribution in [3.8, 4) is 0 Å². The third kappa shape index (κ3) is 2.44. The maximum atomic E-state index is 12.0. The van der Waals surface area contributed by atoms with Gasteiger partial charge < -0.3 is 4.74 Å². The molecule has 0 unspecified atom stereocenters. The van der Waals surface area contributed by atoms with Crippen molar-refractivity contribution in [2.24, 2.45) is 5.10 Å². The molecule has 0 fully saturated rings. The minimum absolute atomic E-state index is 0.0188. The van der Waals surface area contributed by atoms with Crippen molar-refractivity contribution < 1.29 is 9.53 Å². The minimum atomic E-state index is -0.198. The molecular formula is C15H11BrN2O2. The van der Waals surface area contributed by atoms with E-state index in [1.807, 2.05) is 54.6 Å². The molecule has 0 radical (unpaired) electrons. The Balaban J connectivity index is 2.02. The summed E-state index contributed by atoms with van der Waals surface area (Å²) in [4.78, 5) is 12.0. The summed E-state index contributed by atoms with van der Waals surface area (Å²) in [6.07, 6.45) is 0. The first kappa shape index (κ1) is 12.9. The molecule has 1 aliphatic rings. The van der Waals surface area contributed by atoms with Gasteiger partial charge in [0.25, 0.3) is 5.91 Å². The van der Waals surface area contributed by atoms with E-state index in [2.05, 4.69) is 21.0 Å². The summed E-state index contributed by atoms with van der Waals surface area (Å²) in [5.74, 6) is 0.248. The van der Waals surface area contributed by atoms with Crippen LogP contribution in [0.2, 0.25) is 0 Å². The molecule has 0 spiro atoms. The first-order chi connectivity index (χ1) is 9.75. The molecule has 0 bridgehead atoms. The van der Waals surface area contributed by atoms with Crippen molar-refractivity contribution in [2.45, 2.75) is 0 Å². The number of hydrazone groups is 1. The predicted octanol–water partition coefficient (Wildman–Crippen LogP) is 3.17. The molecule has 0 N–H and O–H groups in total. The van der Waals surface area contributed by atoms with Crippen LogP contribution in [0.15, 0.2) is 64.2 Å². The van der Waals surface area contributed by atoms with Crippen molar-refractivity contribution in [3.05, 3.63) is 64.6 Å². The van der Waals surface area contributed by atoms with Gasteiger partial charge in [-0.05, 0) is 40.2 Å². The van der Waals surface area contributed by atoms with Gasteiger partial charge >= 0.3 is 0 Å². The van der Waals surface area contributed by atoms with Gasteiger partial charge in [-0.15, -0.1) is 5.10 Å². The molecule has 4 nitrogen and oxygen atoms in total. The lowest BCUT2D eigenvalue weighted by molar-refractivity contribution is -0.121. The van der Waals surface area contributed by atoms with E-state index < -0.39 is 0 Å². The largest absolute Gasteiger partial charge is 0.466 e. The molecule has 2 aromatic rings. The molecule has 0 atom stereocenters. The molecule has 0 aliphatic carbocycles. The average molecular weight is 331 g/mol. The molecule has 3 rings (SSSR count). The topological polar surface area (TPSA) is 41.9 Å². The summed E-state index contributed by atoms with van der Waals surface area (Å²) in [6, 6.07) is 17.0. The highest BCUT2D eigenvalue weighted by Crippen LogP contribution is 2.27. The quantitative estimate of drug-likeness (QED) is 0.848. The van der Waals surface area contributed by atoms with Crippen LogP contribution >= 0.6 is 15.9 Å². The van der Waals surface area contributed by atoms with E-state index in [0.29, 0.717) is 11.6 Å². The zero-order chi connectivity index (χ0) is 13.9. The Hall–Kier alpha value is -2.14. The number of halogens is 1. The van der Waals surface area contributed by atoms with Crippen molar-refractivity contribution >= 4 is 33.4 Å². The van der Waals surface area contributed by atoms with Gasteiger partial charge in [0.1, 0.15) is 0 Å². The van der Waals surface area contributed by atoms with Gasteiger partial charge in [-0.25, -0.2) is 0 Å². The highest BCUT2D eigenvalue weighted by molar-refractivity contribution is 9.10. The van der Waals surface area contributed by atoms with Crippen LogP contribution in [0.4, 0.5) is 5.69 Å². The molecule has 20 heavy (non-hydrogen) atoms. The highest BCUT2D eigenvalue weighted by atomic mass is 79.9. The van der Waals surface area contributed by atoms with Crippen LogP contribution in [0.5, 0.6) is 0 Å². The zero-order valence-corrected chi connectivity index (χ0v) is 12.1. The van der Waals surface area contributed by atoms with Gasteiger partial charge in [0.15, 0.2) is 6.61 Å². The number of hydrogen-bond acceptors (Lipinski definition) is 3. The number of anilines is 1. The van der Waals surface area contributed by atoms with Crippen molar-refractivity contribution in [2.75, 3.05) is 11.6 Å². The van der Waals surface area contributed by atoms with Crippen LogP contribution in [-0.4, -0.2) is 18.4 Å². The summed E-state index contributed by atoms with van der Waals surface area (Å²) < 4.78 is 6.22. The number of para-hydroxylation sites is 1. The average Bonchev–Trinajstić information content (AvgIpc) is 2.49. The minimum Gasteiger partial charge on any atom is -0.466 e. The van der Waals surface area contributed by atoms with Crippen molar-refractivity contribution in [1.29, 1.82) is 0 Å². The Morgan fingerprint density at radius 2 is 1.75 bits per heavy atom. The van der Waals surface area contributed by atoms with Crippen molar-refractivity contribution in [1.82, 2.24) is 0 Å². The molecular weight excluding hydrogens is 320 g/mol. The fourth-order valence-electron chi connectivity index (χ4n) is 1.90. The molecule has 1 aliphatic heterocycles. The monoisotopic (exact) mass is 330 g/mol. The normalized spacial score (nSPS) is 14.8. The molecule has 100 valence electrons. The fraction of sp³-hybridized carbons (Fsp3) is 0.0667. The van der Waals surface area contributed by atoms with Crippen LogP contribution in [0, 0.1) is 0 Å². The summed E-state index contributed by atoms with van der Waals surface area (Å²) in [5.41, 5.74) is 1.55. The SMILES string of the molecule is O=C1COC(c2ccccc2)=NN1c1ccccc1Br. The van der Waals surface area contributed by atoms with Gasteiger partial charge in [-0.2, -0.15) is 5.01 Å². The Labute approximate surface area is 124 Å². The van der Waals surface area contributed by atoms with E-state index >= 15 is 0 Å². The van der Waals surface area contributed by atoms with Crippen LogP contribution < -0.4 is 5.01 Å². The number of carbonyl (C=O) groups excluding carboxylic acids is 1. The smallest absolute Gasteiger partial charge is 0.285 e. The van der Waals surface area contributed by atoms with E-state index in [0.717, 1.165) is 10.0 Å². The van der Waals surface area contributed by atoms with E-state index in [9.17, 15) is 4.79 Å². The fourth-order valence-corrected chi connectivity index (χ4v) is 2.35. The third-order valence-electron chi connectivity index (χ3n) is 2.86. The Kier molecular flexibility index (Phi) is 3.52. The molecule has 5 heteroatoms. The number of rotatable bonds is 2. The second-order valence-corrected chi connectivity index (χ2v) is 5.07. The van der Waals surface area contributed by atoms with E-state index in [4.69, 9.17) is 4.74 Å². The lowest BCUT2D eigenvalue weighted by Gasteiger charge is -2.24. The molecule has 0 saturated carbocycles. The number of nitrogens with zero attached hydrogens (tertiary/aromatic N) is 2. The summed E-state index contributed by atoms with van der Waals surface area (Å²) in [5, 5.41) is 5.68. The Morgan fingerprint density at radius 3 is 2.50 bits per heavy atom. The maximum absolute atomic E-state index is 12.0. The summed E-state index contributed by atoms with van der Waals surface area (Å²) >= 11 is 3.43. The predicted molar refractivity (Wildman–Crippen MR) is 80.6 cm³/mol. The van der Waals surface area contributed by atoms with Crippen LogP contribution in [0.1, 0.15) is 5.56 Å². The number of amides is 1. The second-order valence-electron chi connectivity index (χ2n) is 4.22. The van der Waals surface area contributed by atoms with E-state index in [1.165, 1.54) is 5.01 Å². The molecule has 2 aromatic carbocycles. The lowest BCUT2D eigenvalue weighted by Crippen LogP contribution is -2.37. The van der Waals surface area contributed by atoms with Gasteiger partial charge in [-0.1, -0.05) is 30.3 Å². The van der Waals surface area contributed by atoms with Crippen LogP contribution in [-0.2, 0) is 9.53 Å². The van der Waals surface area contributed by atoms with Crippen LogP contribution in [0.3, 0.4) is 0 Å². The standard InChI is InChI=1S/C15H11BrN2O2/c16-12-8-4-5-9-13(12)18-14(19)10-20-15(17-18)11-6-2-1-3-7-11/h1-9H,10H2. The van der Waals surface area contributed by atoms with Gasteiger partial charge in [-0.3, -0.25) is 4.79 Å². The highest BCUT2D eigenvalue weighted by Gasteiger charge is 2.25. The Bertz CT molecular complexity index is 671. The Morgan fingerprint density at radius 1 is 1.05 bits per heavy atom. The maximum Gasteiger partial charge on any atom is 0.285 e. The third-order valence-corrected chi connectivity index (χ3v) is 3.53. The first-order valence-corrected chi connectivity index (χ1v) is 6.89. The number of ether oxygens (including phenoxy) is 1. The number of hydrogen-bond donors (Lipinski definition) is 0. The molecule has 1 heterocycles.